The van der Waals surface area contributed by atoms with Gasteiger partial charge in [0.2, 0.25) is 11.7 Å². The van der Waals surface area contributed by atoms with Gasteiger partial charge in [-0.25, -0.2) is 4.39 Å². The van der Waals surface area contributed by atoms with Gasteiger partial charge in [0.25, 0.3) is 0 Å². The third-order valence-electron chi connectivity index (χ3n) is 3.58. The molecule has 0 N–H and O–H groups in total. The van der Waals surface area contributed by atoms with Gasteiger partial charge in [0, 0.05) is 18.3 Å². The average molecular weight is 351 g/mol. The highest BCUT2D eigenvalue weighted by molar-refractivity contribution is 5.55. The molecule has 0 unspecified atom stereocenters. The molecule has 3 rings (SSSR count). The van der Waals surface area contributed by atoms with E-state index in [0.717, 1.165) is 17.8 Å². The number of halogens is 4. The minimum absolute atomic E-state index is 0.205. The normalized spacial score (nSPS) is 11.6. The molecule has 0 radical (unpaired) electrons. The zero-order valence-corrected chi connectivity index (χ0v) is 13.1. The summed E-state index contributed by atoms with van der Waals surface area (Å²) >= 11 is 0. The third kappa shape index (κ3) is 3.96. The topological polar surface area (TPSA) is 42.2 Å². The van der Waals surface area contributed by atoms with Crippen molar-refractivity contribution in [3.05, 3.63) is 65.8 Å². The molecule has 0 saturated heterocycles. The molecule has 0 aliphatic heterocycles. The molecule has 1 heterocycles. The van der Waals surface area contributed by atoms with E-state index in [1.54, 1.807) is 24.1 Å². The summed E-state index contributed by atoms with van der Waals surface area (Å²) in [6.45, 7) is 0.277. The fourth-order valence-corrected chi connectivity index (χ4v) is 2.23. The van der Waals surface area contributed by atoms with Crippen molar-refractivity contribution in [3.8, 4) is 11.4 Å². The van der Waals surface area contributed by atoms with Crippen molar-refractivity contribution in [2.24, 2.45) is 0 Å². The summed E-state index contributed by atoms with van der Waals surface area (Å²) in [6.07, 6.45) is -4.39. The number of rotatable bonds is 4. The Labute approximate surface area is 140 Å². The van der Waals surface area contributed by atoms with E-state index in [9.17, 15) is 17.6 Å². The summed E-state index contributed by atoms with van der Waals surface area (Å²) in [5.74, 6) is 0.164. The molecule has 2 aromatic carbocycles. The van der Waals surface area contributed by atoms with Crippen LogP contribution in [0.1, 0.15) is 11.5 Å². The Morgan fingerprint density at radius 1 is 1.00 bits per heavy atom. The van der Waals surface area contributed by atoms with Crippen molar-refractivity contribution < 1.29 is 22.1 Å². The van der Waals surface area contributed by atoms with Crippen molar-refractivity contribution in [1.82, 2.24) is 10.1 Å². The molecule has 25 heavy (non-hydrogen) atoms. The van der Waals surface area contributed by atoms with E-state index in [1.807, 2.05) is 0 Å². The molecule has 0 amide bonds. The van der Waals surface area contributed by atoms with Crippen LogP contribution in [0.3, 0.4) is 0 Å². The van der Waals surface area contributed by atoms with Gasteiger partial charge in [-0.15, -0.1) is 0 Å². The predicted molar refractivity (Wildman–Crippen MR) is 83.2 cm³/mol. The lowest BCUT2D eigenvalue weighted by atomic mass is 10.1. The summed E-state index contributed by atoms with van der Waals surface area (Å²) in [5.41, 5.74) is 0.444. The Morgan fingerprint density at radius 2 is 1.64 bits per heavy atom. The zero-order chi connectivity index (χ0) is 18.0. The van der Waals surface area contributed by atoms with E-state index < -0.39 is 11.7 Å². The fourth-order valence-electron chi connectivity index (χ4n) is 2.23. The van der Waals surface area contributed by atoms with Gasteiger partial charge < -0.3 is 9.42 Å². The molecule has 0 spiro atoms. The number of benzene rings is 2. The molecule has 0 atom stereocenters. The molecular formula is C17H13F4N3O. The van der Waals surface area contributed by atoms with Crippen LogP contribution in [0.2, 0.25) is 0 Å². The monoisotopic (exact) mass is 351 g/mol. The largest absolute Gasteiger partial charge is 0.416 e. The first kappa shape index (κ1) is 16.9. The van der Waals surface area contributed by atoms with Gasteiger partial charge >= 0.3 is 6.18 Å². The first-order chi connectivity index (χ1) is 11.8. The van der Waals surface area contributed by atoms with Crippen molar-refractivity contribution in [2.75, 3.05) is 11.9 Å². The van der Waals surface area contributed by atoms with Gasteiger partial charge in [0.15, 0.2) is 0 Å². The molecule has 0 saturated carbocycles. The number of alkyl halides is 3. The highest BCUT2D eigenvalue weighted by Crippen LogP contribution is 2.30. The van der Waals surface area contributed by atoms with Crippen LogP contribution in [0.4, 0.5) is 23.2 Å². The van der Waals surface area contributed by atoms with Crippen LogP contribution in [0.15, 0.2) is 53.1 Å². The van der Waals surface area contributed by atoms with Gasteiger partial charge in [-0.1, -0.05) is 17.3 Å². The van der Waals surface area contributed by atoms with E-state index in [1.165, 1.54) is 24.3 Å². The van der Waals surface area contributed by atoms with Crippen molar-refractivity contribution in [2.45, 2.75) is 12.7 Å². The Balaban J connectivity index is 1.73. The van der Waals surface area contributed by atoms with E-state index >= 15 is 0 Å². The third-order valence-corrected chi connectivity index (χ3v) is 3.58. The maximum absolute atomic E-state index is 12.9. The number of hydrogen-bond acceptors (Lipinski definition) is 4. The number of aromatic nitrogens is 2. The summed E-state index contributed by atoms with van der Waals surface area (Å²) < 4.78 is 55.8. The van der Waals surface area contributed by atoms with E-state index in [4.69, 9.17) is 4.52 Å². The minimum Gasteiger partial charge on any atom is -0.365 e. The first-order valence-corrected chi connectivity index (χ1v) is 7.30. The molecule has 0 fully saturated rings. The van der Waals surface area contributed by atoms with Gasteiger partial charge in [0.1, 0.15) is 5.82 Å². The van der Waals surface area contributed by atoms with Gasteiger partial charge in [0.05, 0.1) is 12.1 Å². The lowest BCUT2D eigenvalue weighted by Gasteiger charge is -2.16. The van der Waals surface area contributed by atoms with Crippen molar-refractivity contribution in [3.63, 3.8) is 0 Å². The molecule has 130 valence electrons. The summed E-state index contributed by atoms with van der Waals surface area (Å²) in [6, 6.07) is 10.4. The lowest BCUT2D eigenvalue weighted by molar-refractivity contribution is -0.137. The van der Waals surface area contributed by atoms with Crippen molar-refractivity contribution in [1.29, 1.82) is 0 Å². The maximum Gasteiger partial charge on any atom is 0.416 e. The quantitative estimate of drug-likeness (QED) is 0.648. The van der Waals surface area contributed by atoms with Crippen LogP contribution in [0, 0.1) is 5.82 Å². The van der Waals surface area contributed by atoms with Crippen LogP contribution in [-0.4, -0.2) is 17.2 Å². The number of hydrogen-bond donors (Lipinski definition) is 0. The SMILES string of the molecule is CN(Cc1nc(-c2ccc(C(F)(F)F)cc2)no1)c1ccc(F)cc1. The average Bonchev–Trinajstić information content (AvgIpc) is 3.03. The van der Waals surface area contributed by atoms with Crippen LogP contribution < -0.4 is 4.90 Å². The second-order valence-corrected chi connectivity index (χ2v) is 5.42. The Kier molecular flexibility index (Phi) is 4.43. The van der Waals surface area contributed by atoms with Crippen LogP contribution in [0.5, 0.6) is 0 Å². The second kappa shape index (κ2) is 6.54. The van der Waals surface area contributed by atoms with E-state index in [-0.39, 0.29) is 18.2 Å². The fraction of sp³-hybridized carbons (Fsp3) is 0.176. The van der Waals surface area contributed by atoms with E-state index in [0.29, 0.717) is 11.5 Å². The molecule has 4 nitrogen and oxygen atoms in total. The summed E-state index contributed by atoms with van der Waals surface area (Å²) in [5, 5.41) is 3.79. The Hall–Kier alpha value is -2.90. The van der Waals surface area contributed by atoms with Crippen molar-refractivity contribution >= 4 is 5.69 Å². The molecular weight excluding hydrogens is 338 g/mol. The molecule has 0 aliphatic rings. The van der Waals surface area contributed by atoms with Crippen LogP contribution in [0.25, 0.3) is 11.4 Å². The van der Waals surface area contributed by atoms with Gasteiger partial charge in [-0.05, 0) is 36.4 Å². The smallest absolute Gasteiger partial charge is 0.365 e. The van der Waals surface area contributed by atoms with Gasteiger partial charge in [-0.3, -0.25) is 0 Å². The lowest BCUT2D eigenvalue weighted by Crippen LogP contribution is -2.16. The van der Waals surface area contributed by atoms with E-state index in [2.05, 4.69) is 10.1 Å². The maximum atomic E-state index is 12.9. The highest BCUT2D eigenvalue weighted by atomic mass is 19.4. The highest BCUT2D eigenvalue weighted by Gasteiger charge is 2.30. The molecule has 0 aliphatic carbocycles. The van der Waals surface area contributed by atoms with Crippen LogP contribution >= 0.6 is 0 Å². The molecule has 1 aromatic heterocycles. The Morgan fingerprint density at radius 3 is 2.24 bits per heavy atom. The predicted octanol–water partition coefficient (Wildman–Crippen LogP) is 4.53. The summed E-state index contributed by atoms with van der Waals surface area (Å²) in [7, 11) is 1.77. The standard InChI is InChI=1S/C17H13F4N3O/c1-24(14-8-6-13(18)7-9-14)10-15-22-16(23-25-15)11-2-4-12(5-3-11)17(19,20)21/h2-9H,10H2,1H3. The molecule has 3 aromatic rings. The first-order valence-electron chi connectivity index (χ1n) is 7.30. The van der Waals surface area contributed by atoms with Crippen LogP contribution in [-0.2, 0) is 12.7 Å². The zero-order valence-electron chi connectivity index (χ0n) is 13.1. The second-order valence-electron chi connectivity index (χ2n) is 5.42. The minimum atomic E-state index is -4.39. The number of anilines is 1. The number of nitrogens with zero attached hydrogens (tertiary/aromatic N) is 3. The van der Waals surface area contributed by atoms with Gasteiger partial charge in [-0.2, -0.15) is 18.2 Å². The Bertz CT molecular complexity index is 842. The molecule has 0 bridgehead atoms. The summed E-state index contributed by atoms with van der Waals surface area (Å²) in [4.78, 5) is 5.96. The molecule has 8 heteroatoms.